The summed E-state index contributed by atoms with van der Waals surface area (Å²) in [6, 6.07) is 4.09. The quantitative estimate of drug-likeness (QED) is 0.844. The minimum absolute atomic E-state index is 0.156. The summed E-state index contributed by atoms with van der Waals surface area (Å²) < 4.78 is 13.7. The predicted molar refractivity (Wildman–Crippen MR) is 68.5 cm³/mol. The monoisotopic (exact) mass is 300 g/mol. The van der Waals surface area contributed by atoms with Crippen LogP contribution in [0.3, 0.4) is 0 Å². The van der Waals surface area contributed by atoms with Gasteiger partial charge >= 0.3 is 6.03 Å². The summed E-state index contributed by atoms with van der Waals surface area (Å²) >= 11 is 3.28. The van der Waals surface area contributed by atoms with Crippen molar-refractivity contribution in [3.05, 3.63) is 28.5 Å². The zero-order valence-electron chi connectivity index (χ0n) is 9.38. The first-order chi connectivity index (χ1) is 8.16. The third-order valence-corrected chi connectivity index (χ3v) is 3.50. The van der Waals surface area contributed by atoms with Crippen LogP contribution in [0.25, 0.3) is 0 Å². The van der Waals surface area contributed by atoms with Crippen molar-refractivity contribution in [3.8, 4) is 0 Å². The minimum Gasteiger partial charge on any atom is -0.325 e. The van der Waals surface area contributed by atoms with Gasteiger partial charge < -0.3 is 10.2 Å². The molecule has 0 bridgehead atoms. The molecule has 0 aromatic heterocycles. The van der Waals surface area contributed by atoms with Crippen LogP contribution < -0.4 is 5.32 Å². The molecule has 1 heterocycles. The Morgan fingerprint density at radius 2 is 2.00 bits per heavy atom. The molecule has 5 heteroatoms. The number of rotatable bonds is 1. The maximum absolute atomic E-state index is 13.1. The van der Waals surface area contributed by atoms with Gasteiger partial charge in [-0.1, -0.05) is 0 Å². The largest absolute Gasteiger partial charge is 0.325 e. The van der Waals surface area contributed by atoms with E-state index in [1.807, 2.05) is 0 Å². The van der Waals surface area contributed by atoms with Gasteiger partial charge in [-0.2, -0.15) is 0 Å². The summed E-state index contributed by atoms with van der Waals surface area (Å²) in [5.41, 5.74) is 0.473. The number of amides is 2. The molecular weight excluding hydrogens is 287 g/mol. The third kappa shape index (κ3) is 3.19. The fraction of sp³-hybridized carbons (Fsp3) is 0.417. The highest BCUT2D eigenvalue weighted by molar-refractivity contribution is 9.10. The van der Waals surface area contributed by atoms with Gasteiger partial charge in [0, 0.05) is 17.6 Å². The van der Waals surface area contributed by atoms with Crippen molar-refractivity contribution < 1.29 is 9.18 Å². The molecule has 0 atom stereocenters. The van der Waals surface area contributed by atoms with E-state index in [0.29, 0.717) is 10.2 Å². The average molecular weight is 301 g/mol. The van der Waals surface area contributed by atoms with Crippen LogP contribution in [-0.4, -0.2) is 24.0 Å². The van der Waals surface area contributed by atoms with Gasteiger partial charge in [-0.15, -0.1) is 0 Å². The molecule has 0 radical (unpaired) electrons. The Morgan fingerprint density at radius 1 is 1.29 bits per heavy atom. The summed E-state index contributed by atoms with van der Waals surface area (Å²) in [7, 11) is 0. The van der Waals surface area contributed by atoms with E-state index in [4.69, 9.17) is 0 Å². The van der Waals surface area contributed by atoms with Gasteiger partial charge in [-0.3, -0.25) is 0 Å². The summed E-state index contributed by atoms with van der Waals surface area (Å²) in [5, 5.41) is 2.72. The number of urea groups is 1. The highest BCUT2D eigenvalue weighted by Gasteiger charge is 2.17. The molecule has 0 spiro atoms. The normalized spacial score (nSPS) is 15.8. The van der Waals surface area contributed by atoms with E-state index < -0.39 is 0 Å². The summed E-state index contributed by atoms with van der Waals surface area (Å²) in [6.07, 6.45) is 3.25. The molecule has 1 saturated heterocycles. The van der Waals surface area contributed by atoms with Crippen molar-refractivity contribution in [1.82, 2.24) is 4.90 Å². The van der Waals surface area contributed by atoms with Crippen LogP contribution in [0.4, 0.5) is 14.9 Å². The lowest BCUT2D eigenvalue weighted by molar-refractivity contribution is 0.200. The Balaban J connectivity index is 2.04. The van der Waals surface area contributed by atoms with E-state index in [0.717, 1.165) is 25.9 Å². The molecule has 92 valence electrons. The Labute approximate surface area is 108 Å². The number of anilines is 1. The van der Waals surface area contributed by atoms with Crippen molar-refractivity contribution in [3.63, 3.8) is 0 Å². The zero-order valence-corrected chi connectivity index (χ0v) is 11.0. The van der Waals surface area contributed by atoms with E-state index >= 15 is 0 Å². The van der Waals surface area contributed by atoms with Crippen molar-refractivity contribution in [2.24, 2.45) is 0 Å². The average Bonchev–Trinajstić information content (AvgIpc) is 2.35. The molecule has 17 heavy (non-hydrogen) atoms. The van der Waals surface area contributed by atoms with E-state index in [-0.39, 0.29) is 11.8 Å². The van der Waals surface area contributed by atoms with Crippen LogP contribution in [0.15, 0.2) is 22.7 Å². The number of halogens is 2. The molecule has 1 aliphatic heterocycles. The Bertz CT molecular complexity index is 419. The number of hydrogen-bond acceptors (Lipinski definition) is 1. The fourth-order valence-electron chi connectivity index (χ4n) is 1.88. The van der Waals surface area contributed by atoms with Crippen LogP contribution in [0.2, 0.25) is 0 Å². The number of benzene rings is 1. The molecule has 1 aliphatic rings. The van der Waals surface area contributed by atoms with Crippen molar-refractivity contribution >= 4 is 27.6 Å². The first kappa shape index (κ1) is 12.4. The second-order valence-corrected chi connectivity index (χ2v) is 4.96. The molecule has 0 saturated carbocycles. The van der Waals surface area contributed by atoms with Gasteiger partial charge in [-0.05, 0) is 53.4 Å². The second-order valence-electron chi connectivity index (χ2n) is 4.10. The van der Waals surface area contributed by atoms with Crippen LogP contribution >= 0.6 is 15.9 Å². The highest BCUT2D eigenvalue weighted by atomic mass is 79.9. The Hall–Kier alpha value is -1.10. The predicted octanol–water partition coefficient (Wildman–Crippen LogP) is 3.61. The lowest BCUT2D eigenvalue weighted by atomic mass is 10.1. The van der Waals surface area contributed by atoms with Crippen LogP contribution in [-0.2, 0) is 0 Å². The van der Waals surface area contributed by atoms with Crippen LogP contribution in [0.5, 0.6) is 0 Å². The fourth-order valence-corrected chi connectivity index (χ4v) is 2.23. The number of nitrogens with one attached hydrogen (secondary N) is 1. The molecule has 1 fully saturated rings. The molecule has 1 N–H and O–H groups in total. The van der Waals surface area contributed by atoms with E-state index in [2.05, 4.69) is 21.2 Å². The number of carbonyl (C=O) groups excluding carboxylic acids is 1. The molecule has 1 aromatic rings. The summed E-state index contributed by atoms with van der Waals surface area (Å²) in [4.78, 5) is 13.7. The smallest absolute Gasteiger partial charge is 0.321 e. The first-order valence-electron chi connectivity index (χ1n) is 5.68. The Kier molecular flexibility index (Phi) is 3.99. The molecule has 3 nitrogen and oxygen atoms in total. The van der Waals surface area contributed by atoms with Gasteiger partial charge in [0.05, 0.1) is 5.69 Å². The molecule has 1 aromatic carbocycles. The van der Waals surface area contributed by atoms with Gasteiger partial charge in [-0.25, -0.2) is 9.18 Å². The standard InChI is InChI=1S/C12H14BrFN2O/c13-10-5-4-9(14)8-11(10)15-12(17)16-6-2-1-3-7-16/h4-5,8H,1-3,6-7H2,(H,15,17). The van der Waals surface area contributed by atoms with E-state index in [9.17, 15) is 9.18 Å². The molecule has 0 aliphatic carbocycles. The molecular formula is C12H14BrFN2O. The number of carbonyl (C=O) groups is 1. The third-order valence-electron chi connectivity index (χ3n) is 2.81. The SMILES string of the molecule is O=C(Nc1cc(F)ccc1Br)N1CCCCC1. The summed E-state index contributed by atoms with van der Waals surface area (Å²) in [5.74, 6) is -0.359. The topological polar surface area (TPSA) is 32.3 Å². The van der Waals surface area contributed by atoms with Gasteiger partial charge in [0.25, 0.3) is 0 Å². The highest BCUT2D eigenvalue weighted by Crippen LogP contribution is 2.23. The van der Waals surface area contributed by atoms with Crippen LogP contribution in [0.1, 0.15) is 19.3 Å². The van der Waals surface area contributed by atoms with Crippen molar-refractivity contribution in [1.29, 1.82) is 0 Å². The van der Waals surface area contributed by atoms with Gasteiger partial charge in [0.15, 0.2) is 0 Å². The first-order valence-corrected chi connectivity index (χ1v) is 6.47. The van der Waals surface area contributed by atoms with Crippen molar-refractivity contribution in [2.45, 2.75) is 19.3 Å². The van der Waals surface area contributed by atoms with E-state index in [1.165, 1.54) is 18.6 Å². The Morgan fingerprint density at radius 3 is 2.71 bits per heavy atom. The number of piperidine rings is 1. The lowest BCUT2D eigenvalue weighted by Gasteiger charge is -2.27. The second kappa shape index (κ2) is 5.49. The molecule has 2 amide bonds. The summed E-state index contributed by atoms with van der Waals surface area (Å²) in [6.45, 7) is 1.55. The number of likely N-dealkylation sites (tertiary alicyclic amines) is 1. The van der Waals surface area contributed by atoms with Gasteiger partial charge in [0.2, 0.25) is 0 Å². The van der Waals surface area contributed by atoms with Crippen LogP contribution in [0, 0.1) is 5.82 Å². The zero-order chi connectivity index (χ0) is 12.3. The maximum Gasteiger partial charge on any atom is 0.321 e. The number of nitrogens with zero attached hydrogens (tertiary/aromatic N) is 1. The maximum atomic E-state index is 13.1. The van der Waals surface area contributed by atoms with Crippen molar-refractivity contribution in [2.75, 3.05) is 18.4 Å². The van der Waals surface area contributed by atoms with E-state index in [1.54, 1.807) is 11.0 Å². The minimum atomic E-state index is -0.359. The molecule has 2 rings (SSSR count). The number of hydrogen-bond donors (Lipinski definition) is 1. The molecule has 0 unspecified atom stereocenters. The lowest BCUT2D eigenvalue weighted by Crippen LogP contribution is -2.38. The van der Waals surface area contributed by atoms with Gasteiger partial charge in [0.1, 0.15) is 5.82 Å².